The molecular formula is C16H23FN2O. The number of hydrogen-bond donors (Lipinski definition) is 1. The predicted molar refractivity (Wildman–Crippen MR) is 76.1 cm³/mol. The van der Waals surface area contributed by atoms with Gasteiger partial charge in [0.1, 0.15) is 6.61 Å². The lowest BCUT2D eigenvalue weighted by Crippen LogP contribution is -2.28. The van der Waals surface area contributed by atoms with E-state index in [1.807, 2.05) is 0 Å². The van der Waals surface area contributed by atoms with Gasteiger partial charge in [0.15, 0.2) is 5.75 Å². The first-order chi connectivity index (χ1) is 9.59. The maximum absolute atomic E-state index is 13.4. The maximum Gasteiger partial charge on any atom is 0.255 e. The van der Waals surface area contributed by atoms with Crippen molar-refractivity contribution in [2.45, 2.75) is 39.2 Å². The van der Waals surface area contributed by atoms with Gasteiger partial charge < -0.3 is 10.1 Å². The summed E-state index contributed by atoms with van der Waals surface area (Å²) in [6.07, 6.45) is 5.26. The van der Waals surface area contributed by atoms with Crippen molar-refractivity contribution in [3.8, 4) is 5.75 Å². The topological polar surface area (TPSA) is 34.1 Å². The van der Waals surface area contributed by atoms with Crippen LogP contribution in [0, 0.1) is 23.2 Å². The van der Waals surface area contributed by atoms with E-state index in [-0.39, 0.29) is 5.75 Å². The first-order valence-electron chi connectivity index (χ1n) is 7.56. The fourth-order valence-electron chi connectivity index (χ4n) is 3.57. The summed E-state index contributed by atoms with van der Waals surface area (Å²) in [6.45, 7) is 6.20. The zero-order valence-corrected chi connectivity index (χ0v) is 12.2. The van der Waals surface area contributed by atoms with Crippen LogP contribution in [0.5, 0.6) is 5.75 Å². The number of ether oxygens (including phenoxy) is 1. The third kappa shape index (κ3) is 2.80. The number of pyridine rings is 1. The van der Waals surface area contributed by atoms with Crippen molar-refractivity contribution < 1.29 is 9.13 Å². The Bertz CT molecular complexity index is 479. The van der Waals surface area contributed by atoms with Crippen molar-refractivity contribution in [1.29, 1.82) is 0 Å². The second-order valence-electron chi connectivity index (χ2n) is 6.78. The van der Waals surface area contributed by atoms with E-state index in [4.69, 9.17) is 4.74 Å². The van der Waals surface area contributed by atoms with E-state index in [1.54, 1.807) is 12.1 Å². The number of nitrogens with zero attached hydrogens (tertiary/aromatic N) is 1. The van der Waals surface area contributed by atoms with E-state index in [0.717, 1.165) is 24.8 Å². The summed E-state index contributed by atoms with van der Waals surface area (Å²) < 4.78 is 18.9. The Labute approximate surface area is 119 Å². The maximum atomic E-state index is 13.4. The number of halogens is 1. The molecule has 20 heavy (non-hydrogen) atoms. The second kappa shape index (κ2) is 5.32. The van der Waals surface area contributed by atoms with Crippen LogP contribution in [0.15, 0.2) is 18.3 Å². The molecule has 2 aliphatic rings. The smallest absolute Gasteiger partial charge is 0.255 e. The Balaban J connectivity index is 1.49. The number of rotatable bonds is 5. The molecule has 0 bridgehead atoms. The monoisotopic (exact) mass is 278 g/mol. The molecule has 1 aliphatic heterocycles. The van der Waals surface area contributed by atoms with Crippen LogP contribution in [0.1, 0.15) is 33.1 Å². The molecule has 2 fully saturated rings. The van der Waals surface area contributed by atoms with Gasteiger partial charge in [-0.05, 0) is 48.6 Å². The first kappa shape index (κ1) is 13.8. The van der Waals surface area contributed by atoms with Gasteiger partial charge in [-0.3, -0.25) is 0 Å². The summed E-state index contributed by atoms with van der Waals surface area (Å²) in [5.74, 6) is 1.38. The minimum atomic E-state index is -0.524. The molecule has 0 aromatic carbocycles. The molecule has 1 N–H and O–H groups in total. The van der Waals surface area contributed by atoms with Crippen LogP contribution < -0.4 is 10.1 Å². The van der Waals surface area contributed by atoms with E-state index in [0.29, 0.717) is 18.1 Å². The quantitative estimate of drug-likeness (QED) is 0.841. The Morgan fingerprint density at radius 1 is 1.50 bits per heavy atom. The molecule has 4 heteroatoms. The molecule has 3 atom stereocenters. The van der Waals surface area contributed by atoms with E-state index in [1.165, 1.54) is 19.0 Å². The van der Waals surface area contributed by atoms with Crippen molar-refractivity contribution in [3.05, 3.63) is 24.3 Å². The molecule has 3 rings (SSSR count). The Hall–Kier alpha value is -1.16. The summed E-state index contributed by atoms with van der Waals surface area (Å²) in [6, 6.07) is 3.67. The summed E-state index contributed by atoms with van der Waals surface area (Å²) in [4.78, 5) is 3.60. The Kier molecular flexibility index (Phi) is 3.67. The van der Waals surface area contributed by atoms with E-state index in [2.05, 4.69) is 24.1 Å². The van der Waals surface area contributed by atoms with E-state index >= 15 is 0 Å². The summed E-state index contributed by atoms with van der Waals surface area (Å²) in [5.41, 5.74) is 0.506. The van der Waals surface area contributed by atoms with Crippen LogP contribution in [0.4, 0.5) is 4.39 Å². The predicted octanol–water partition coefficient (Wildman–Crippen LogP) is 3.01. The van der Waals surface area contributed by atoms with Crippen LogP contribution in [-0.4, -0.2) is 24.2 Å². The minimum absolute atomic E-state index is 0.254. The lowest BCUT2D eigenvalue weighted by molar-refractivity contribution is 0.258. The van der Waals surface area contributed by atoms with Crippen LogP contribution in [-0.2, 0) is 0 Å². The fourth-order valence-corrected chi connectivity index (χ4v) is 3.57. The van der Waals surface area contributed by atoms with E-state index in [9.17, 15) is 4.39 Å². The second-order valence-corrected chi connectivity index (χ2v) is 6.78. The molecule has 2 unspecified atom stereocenters. The van der Waals surface area contributed by atoms with Crippen LogP contribution in [0.25, 0.3) is 0 Å². The van der Waals surface area contributed by atoms with Gasteiger partial charge in [0.05, 0.1) is 0 Å². The molecule has 1 spiro atoms. The third-order valence-corrected chi connectivity index (χ3v) is 4.68. The lowest BCUT2D eigenvalue weighted by atomic mass is 9.95. The van der Waals surface area contributed by atoms with Crippen molar-refractivity contribution in [2.24, 2.45) is 17.3 Å². The highest BCUT2D eigenvalue weighted by Crippen LogP contribution is 2.60. The van der Waals surface area contributed by atoms with Gasteiger partial charge in [-0.25, -0.2) is 4.98 Å². The standard InChI is InChI=1S/C16H23FN2O/c1-11(2)6-12-7-16(12)8-13(19-10-16)9-20-14-4-3-5-18-15(14)17/h3-5,11-13,19H,6-10H2,1-2H3/t12?,13-,16?/m0/s1. The van der Waals surface area contributed by atoms with Gasteiger partial charge in [0, 0.05) is 18.8 Å². The molecular weight excluding hydrogens is 255 g/mol. The Morgan fingerprint density at radius 3 is 3.10 bits per heavy atom. The summed E-state index contributed by atoms with van der Waals surface area (Å²) in [7, 11) is 0. The molecule has 1 aromatic rings. The third-order valence-electron chi connectivity index (χ3n) is 4.68. The molecule has 1 saturated carbocycles. The highest BCUT2D eigenvalue weighted by molar-refractivity contribution is 5.18. The summed E-state index contributed by atoms with van der Waals surface area (Å²) in [5, 5.41) is 3.53. The van der Waals surface area contributed by atoms with Gasteiger partial charge in [-0.2, -0.15) is 4.39 Å². The molecule has 0 amide bonds. The Morgan fingerprint density at radius 2 is 2.35 bits per heavy atom. The summed E-state index contributed by atoms with van der Waals surface area (Å²) >= 11 is 0. The van der Waals surface area contributed by atoms with E-state index < -0.39 is 5.95 Å². The zero-order chi connectivity index (χ0) is 14.2. The van der Waals surface area contributed by atoms with Crippen molar-refractivity contribution >= 4 is 0 Å². The minimum Gasteiger partial charge on any atom is -0.487 e. The highest BCUT2D eigenvalue weighted by Gasteiger charge is 2.57. The van der Waals surface area contributed by atoms with Gasteiger partial charge in [0.25, 0.3) is 5.95 Å². The van der Waals surface area contributed by atoms with Gasteiger partial charge in [0.2, 0.25) is 0 Å². The SMILES string of the molecule is CC(C)CC1CC12CN[C@H](COc1cccnc1F)C2. The lowest BCUT2D eigenvalue weighted by Gasteiger charge is -2.13. The molecule has 2 heterocycles. The van der Waals surface area contributed by atoms with Gasteiger partial charge in [-0.1, -0.05) is 13.8 Å². The normalized spacial score (nSPS) is 32.0. The average Bonchev–Trinajstić information content (AvgIpc) is 2.88. The molecule has 1 saturated heterocycles. The average molecular weight is 278 g/mol. The largest absolute Gasteiger partial charge is 0.487 e. The van der Waals surface area contributed by atoms with Crippen molar-refractivity contribution in [2.75, 3.05) is 13.2 Å². The molecule has 0 radical (unpaired) electrons. The highest BCUT2D eigenvalue weighted by atomic mass is 19.1. The van der Waals surface area contributed by atoms with Crippen molar-refractivity contribution in [3.63, 3.8) is 0 Å². The number of hydrogen-bond acceptors (Lipinski definition) is 3. The van der Waals surface area contributed by atoms with Crippen LogP contribution in [0.2, 0.25) is 0 Å². The zero-order valence-electron chi connectivity index (χ0n) is 12.2. The van der Waals surface area contributed by atoms with Crippen LogP contribution in [0.3, 0.4) is 0 Å². The molecule has 1 aliphatic carbocycles. The van der Waals surface area contributed by atoms with Gasteiger partial charge in [-0.15, -0.1) is 0 Å². The van der Waals surface area contributed by atoms with Gasteiger partial charge >= 0.3 is 0 Å². The van der Waals surface area contributed by atoms with Crippen molar-refractivity contribution in [1.82, 2.24) is 10.3 Å². The fraction of sp³-hybridized carbons (Fsp3) is 0.688. The molecule has 110 valence electrons. The number of aromatic nitrogens is 1. The number of nitrogens with one attached hydrogen (secondary N) is 1. The molecule has 1 aromatic heterocycles. The van der Waals surface area contributed by atoms with Crippen LogP contribution >= 0.6 is 0 Å². The molecule has 3 nitrogen and oxygen atoms in total. The first-order valence-corrected chi connectivity index (χ1v) is 7.56.